The Labute approximate surface area is 155 Å². The summed E-state index contributed by atoms with van der Waals surface area (Å²) >= 11 is 1.11. The second-order valence-electron chi connectivity index (χ2n) is 6.12. The van der Waals surface area contributed by atoms with Gasteiger partial charge in [0.15, 0.2) is 0 Å². The lowest BCUT2D eigenvalue weighted by Gasteiger charge is -2.22. The average molecular weight is 398 g/mol. The molecular weight excluding hydrogens is 379 g/mol. The summed E-state index contributed by atoms with van der Waals surface area (Å²) in [6, 6.07) is 6.00. The highest BCUT2D eigenvalue weighted by atomic mass is 32.2. The molecule has 1 saturated heterocycles. The Morgan fingerprint density at radius 3 is 2.77 bits per heavy atom. The van der Waals surface area contributed by atoms with Gasteiger partial charge in [-0.2, -0.15) is 0 Å². The van der Waals surface area contributed by atoms with E-state index < -0.39 is 15.9 Å². The number of carbonyl (C=O) groups is 1. The van der Waals surface area contributed by atoms with Crippen LogP contribution in [0.3, 0.4) is 0 Å². The van der Waals surface area contributed by atoms with Crippen LogP contribution in [0.25, 0.3) is 0 Å². The SMILES string of the molecule is O=C(NS(=O)(=O)C[C@@H]1CCCCO1)c1cnc(Cc2ccc(F)cc2)s1. The van der Waals surface area contributed by atoms with E-state index in [1.54, 1.807) is 12.1 Å². The zero-order chi connectivity index (χ0) is 18.6. The van der Waals surface area contributed by atoms with E-state index in [4.69, 9.17) is 4.74 Å². The van der Waals surface area contributed by atoms with E-state index in [1.807, 2.05) is 0 Å². The number of nitrogens with zero attached hydrogens (tertiary/aromatic N) is 1. The number of carbonyl (C=O) groups excluding carboxylic acids is 1. The summed E-state index contributed by atoms with van der Waals surface area (Å²) in [5.41, 5.74) is 0.856. The minimum absolute atomic E-state index is 0.218. The van der Waals surface area contributed by atoms with Gasteiger partial charge >= 0.3 is 0 Å². The summed E-state index contributed by atoms with van der Waals surface area (Å²) < 4.78 is 44.7. The molecule has 3 rings (SSSR count). The van der Waals surface area contributed by atoms with Crippen molar-refractivity contribution in [2.45, 2.75) is 31.8 Å². The molecule has 0 spiro atoms. The maximum absolute atomic E-state index is 12.9. The highest BCUT2D eigenvalue weighted by Gasteiger charge is 2.24. The fraction of sp³-hybridized carbons (Fsp3) is 0.412. The molecule has 140 valence electrons. The molecule has 1 aromatic carbocycles. The van der Waals surface area contributed by atoms with Gasteiger partial charge < -0.3 is 4.74 Å². The maximum atomic E-state index is 12.9. The Hall–Kier alpha value is -1.84. The van der Waals surface area contributed by atoms with E-state index in [2.05, 4.69) is 9.71 Å². The van der Waals surface area contributed by atoms with Crippen LogP contribution in [0, 0.1) is 5.82 Å². The number of thiazole rings is 1. The number of ether oxygens (including phenoxy) is 1. The van der Waals surface area contributed by atoms with Gasteiger partial charge in [-0.15, -0.1) is 11.3 Å². The molecule has 0 saturated carbocycles. The van der Waals surface area contributed by atoms with Crippen LogP contribution >= 0.6 is 11.3 Å². The highest BCUT2D eigenvalue weighted by Crippen LogP contribution is 2.18. The van der Waals surface area contributed by atoms with Crippen molar-refractivity contribution in [1.29, 1.82) is 0 Å². The third-order valence-corrected chi connectivity index (χ3v) is 6.28. The summed E-state index contributed by atoms with van der Waals surface area (Å²) in [5, 5.41) is 0.648. The molecule has 1 fully saturated rings. The molecule has 0 radical (unpaired) electrons. The van der Waals surface area contributed by atoms with Crippen molar-refractivity contribution >= 4 is 27.3 Å². The van der Waals surface area contributed by atoms with Gasteiger partial charge in [0.05, 0.1) is 23.1 Å². The van der Waals surface area contributed by atoms with E-state index in [0.29, 0.717) is 24.5 Å². The lowest BCUT2D eigenvalue weighted by molar-refractivity contribution is 0.0304. The van der Waals surface area contributed by atoms with Crippen LogP contribution in [-0.2, 0) is 21.2 Å². The molecule has 2 aromatic rings. The van der Waals surface area contributed by atoms with E-state index in [0.717, 1.165) is 29.7 Å². The third kappa shape index (κ3) is 5.33. The molecule has 1 N–H and O–H groups in total. The third-order valence-electron chi connectivity index (χ3n) is 3.97. The average Bonchev–Trinajstić information content (AvgIpc) is 3.06. The summed E-state index contributed by atoms with van der Waals surface area (Å²) in [4.78, 5) is 16.6. The summed E-state index contributed by atoms with van der Waals surface area (Å²) in [5.74, 6) is -1.23. The molecule has 1 aromatic heterocycles. The standard InChI is InChI=1S/C17H19FN2O4S2/c18-13-6-4-12(5-7-13)9-16-19-10-15(25-16)17(21)20-26(22,23)11-14-3-1-2-8-24-14/h4-7,10,14H,1-3,8-9,11H2,(H,20,21)/t14-/m0/s1. The van der Waals surface area contributed by atoms with Crippen LogP contribution in [0.2, 0.25) is 0 Å². The van der Waals surface area contributed by atoms with E-state index in [9.17, 15) is 17.6 Å². The topological polar surface area (TPSA) is 85.4 Å². The van der Waals surface area contributed by atoms with Crippen molar-refractivity contribution in [3.63, 3.8) is 0 Å². The Balaban J connectivity index is 1.59. The molecule has 26 heavy (non-hydrogen) atoms. The monoisotopic (exact) mass is 398 g/mol. The number of nitrogens with one attached hydrogen (secondary N) is 1. The first kappa shape index (κ1) is 18.9. The summed E-state index contributed by atoms with van der Waals surface area (Å²) in [7, 11) is -3.77. The number of hydrogen-bond acceptors (Lipinski definition) is 6. The maximum Gasteiger partial charge on any atom is 0.276 e. The van der Waals surface area contributed by atoms with Crippen LogP contribution in [0.1, 0.15) is 39.5 Å². The van der Waals surface area contributed by atoms with Crippen molar-refractivity contribution < 1.29 is 22.3 Å². The predicted octanol–water partition coefficient (Wildman–Crippen LogP) is 2.50. The van der Waals surface area contributed by atoms with Crippen molar-refractivity contribution in [2.24, 2.45) is 0 Å². The molecule has 2 heterocycles. The number of benzene rings is 1. The smallest absolute Gasteiger partial charge is 0.276 e. The number of hydrogen-bond donors (Lipinski definition) is 1. The second-order valence-corrected chi connectivity index (χ2v) is 9.00. The Kier molecular flexibility index (Phi) is 6.00. The second kappa shape index (κ2) is 8.24. The Bertz CT molecular complexity index is 859. The molecular formula is C17H19FN2O4S2. The molecule has 1 aliphatic heterocycles. The van der Waals surface area contributed by atoms with Gasteiger partial charge in [-0.05, 0) is 37.0 Å². The fourth-order valence-corrected chi connectivity index (χ4v) is 4.83. The lowest BCUT2D eigenvalue weighted by Crippen LogP contribution is -2.38. The van der Waals surface area contributed by atoms with Crippen LogP contribution in [0.15, 0.2) is 30.5 Å². The van der Waals surface area contributed by atoms with Gasteiger partial charge in [0.25, 0.3) is 5.91 Å². The van der Waals surface area contributed by atoms with Crippen molar-refractivity contribution in [1.82, 2.24) is 9.71 Å². The van der Waals surface area contributed by atoms with Crippen LogP contribution in [0.4, 0.5) is 4.39 Å². The van der Waals surface area contributed by atoms with Crippen LogP contribution in [0.5, 0.6) is 0 Å². The van der Waals surface area contributed by atoms with Gasteiger partial charge in [-0.1, -0.05) is 12.1 Å². The van der Waals surface area contributed by atoms with Gasteiger partial charge in [0.1, 0.15) is 10.7 Å². The first-order chi connectivity index (χ1) is 12.4. The van der Waals surface area contributed by atoms with Gasteiger partial charge in [0, 0.05) is 13.0 Å². The minimum atomic E-state index is -3.77. The predicted molar refractivity (Wildman–Crippen MR) is 96.2 cm³/mol. The normalized spacial score (nSPS) is 17.8. The number of amides is 1. The lowest BCUT2D eigenvalue weighted by atomic mass is 10.1. The molecule has 0 bridgehead atoms. The van der Waals surface area contributed by atoms with Crippen LogP contribution < -0.4 is 4.72 Å². The highest BCUT2D eigenvalue weighted by molar-refractivity contribution is 7.90. The molecule has 9 heteroatoms. The quantitative estimate of drug-likeness (QED) is 0.808. The molecule has 1 aliphatic rings. The number of aromatic nitrogens is 1. The Morgan fingerprint density at radius 2 is 2.08 bits per heavy atom. The van der Waals surface area contributed by atoms with Gasteiger partial charge in [0.2, 0.25) is 10.0 Å². The minimum Gasteiger partial charge on any atom is -0.377 e. The zero-order valence-electron chi connectivity index (χ0n) is 14.0. The fourth-order valence-electron chi connectivity index (χ4n) is 2.69. The molecule has 6 nitrogen and oxygen atoms in total. The number of rotatable bonds is 6. The van der Waals surface area contributed by atoms with Crippen molar-refractivity contribution in [3.05, 3.63) is 51.7 Å². The number of halogens is 1. The first-order valence-electron chi connectivity index (χ1n) is 8.27. The first-order valence-corrected chi connectivity index (χ1v) is 10.7. The van der Waals surface area contributed by atoms with E-state index in [1.165, 1.54) is 18.3 Å². The summed E-state index contributed by atoms with van der Waals surface area (Å²) in [6.45, 7) is 0.551. The molecule has 0 unspecified atom stereocenters. The number of sulfonamides is 1. The van der Waals surface area contributed by atoms with Crippen molar-refractivity contribution in [2.75, 3.05) is 12.4 Å². The zero-order valence-corrected chi connectivity index (χ0v) is 15.6. The molecule has 1 atom stereocenters. The van der Waals surface area contributed by atoms with E-state index in [-0.39, 0.29) is 22.6 Å². The van der Waals surface area contributed by atoms with Gasteiger partial charge in [-0.25, -0.2) is 22.5 Å². The summed E-state index contributed by atoms with van der Waals surface area (Å²) in [6.07, 6.45) is 3.96. The van der Waals surface area contributed by atoms with E-state index >= 15 is 0 Å². The molecule has 0 aliphatic carbocycles. The largest absolute Gasteiger partial charge is 0.377 e. The molecule has 1 amide bonds. The Morgan fingerprint density at radius 1 is 1.31 bits per heavy atom. The van der Waals surface area contributed by atoms with Crippen LogP contribution in [-0.4, -0.2) is 37.8 Å². The van der Waals surface area contributed by atoms with Gasteiger partial charge in [-0.3, -0.25) is 4.79 Å². The van der Waals surface area contributed by atoms with Crippen molar-refractivity contribution in [3.8, 4) is 0 Å².